The molecule has 0 radical (unpaired) electrons. The van der Waals surface area contributed by atoms with E-state index in [2.05, 4.69) is 9.97 Å². The fourth-order valence-corrected chi connectivity index (χ4v) is 1.28. The van der Waals surface area contributed by atoms with Crippen LogP contribution >= 0.6 is 0 Å². The van der Waals surface area contributed by atoms with Crippen molar-refractivity contribution in [2.24, 2.45) is 0 Å². The molecule has 1 N–H and O–H groups in total. The first kappa shape index (κ1) is 10.0. The van der Waals surface area contributed by atoms with Gasteiger partial charge in [-0.05, 0) is 18.2 Å². The predicted octanol–water partition coefficient (Wildman–Crippen LogP) is 1.35. The molecule has 2 rings (SSSR count). The molecule has 0 spiro atoms. The highest BCUT2D eigenvalue weighted by atomic mass is 16.6. The van der Waals surface area contributed by atoms with E-state index in [9.17, 15) is 14.9 Å². The van der Waals surface area contributed by atoms with Gasteiger partial charge >= 0.3 is 11.2 Å². The number of aromatic amines is 1. The van der Waals surface area contributed by atoms with Gasteiger partial charge in [0.2, 0.25) is 0 Å². The first-order chi connectivity index (χ1) is 7.68. The summed E-state index contributed by atoms with van der Waals surface area (Å²) >= 11 is 0. The van der Waals surface area contributed by atoms with Gasteiger partial charge in [-0.15, -0.1) is 0 Å². The quantitative estimate of drug-likeness (QED) is 0.607. The van der Waals surface area contributed by atoms with Crippen molar-refractivity contribution >= 4 is 5.69 Å². The summed E-state index contributed by atoms with van der Waals surface area (Å²) in [5, 5.41) is 10.4. The highest BCUT2D eigenvalue weighted by Crippen LogP contribution is 2.13. The standard InChI is InChI=1S/C10H7N3O3/c14-10-9(13(15)16)5-4-8(12-10)7-3-1-2-6-11-7/h1-6H,(H,12,14). The Labute approximate surface area is 89.7 Å². The fourth-order valence-electron chi connectivity index (χ4n) is 1.28. The van der Waals surface area contributed by atoms with Crippen molar-refractivity contribution < 1.29 is 4.92 Å². The van der Waals surface area contributed by atoms with Gasteiger partial charge in [-0.3, -0.25) is 19.9 Å². The number of pyridine rings is 2. The van der Waals surface area contributed by atoms with Gasteiger partial charge < -0.3 is 4.98 Å². The average Bonchev–Trinajstić information content (AvgIpc) is 2.29. The van der Waals surface area contributed by atoms with Crippen LogP contribution in [0, 0.1) is 10.1 Å². The van der Waals surface area contributed by atoms with Crippen LogP contribution in [-0.2, 0) is 0 Å². The Morgan fingerprint density at radius 3 is 2.62 bits per heavy atom. The van der Waals surface area contributed by atoms with Crippen LogP contribution in [0.25, 0.3) is 11.4 Å². The number of nitro groups is 1. The summed E-state index contributed by atoms with van der Waals surface area (Å²) in [6, 6.07) is 7.84. The Bertz CT molecular complexity index is 577. The van der Waals surface area contributed by atoms with Gasteiger partial charge in [-0.2, -0.15) is 0 Å². The lowest BCUT2D eigenvalue weighted by molar-refractivity contribution is -0.386. The Kier molecular flexibility index (Phi) is 2.47. The van der Waals surface area contributed by atoms with Crippen molar-refractivity contribution in [3.05, 3.63) is 57.0 Å². The molecule has 0 aliphatic rings. The monoisotopic (exact) mass is 217 g/mol. The van der Waals surface area contributed by atoms with Crippen LogP contribution in [0.4, 0.5) is 5.69 Å². The van der Waals surface area contributed by atoms with Crippen molar-refractivity contribution in [3.63, 3.8) is 0 Å². The van der Waals surface area contributed by atoms with Crippen LogP contribution in [0.15, 0.2) is 41.3 Å². The third-order valence-corrected chi connectivity index (χ3v) is 2.03. The molecule has 2 heterocycles. The summed E-state index contributed by atoms with van der Waals surface area (Å²) in [4.78, 5) is 27.5. The zero-order valence-electron chi connectivity index (χ0n) is 8.08. The number of nitrogens with one attached hydrogen (secondary N) is 1. The van der Waals surface area contributed by atoms with E-state index in [-0.39, 0.29) is 0 Å². The lowest BCUT2D eigenvalue weighted by Crippen LogP contribution is -2.11. The van der Waals surface area contributed by atoms with Crippen LogP contribution in [-0.4, -0.2) is 14.9 Å². The summed E-state index contributed by atoms with van der Waals surface area (Å²) in [6.07, 6.45) is 1.58. The van der Waals surface area contributed by atoms with Crippen LogP contribution in [0.1, 0.15) is 0 Å². The van der Waals surface area contributed by atoms with Gasteiger partial charge in [0.1, 0.15) is 0 Å². The minimum atomic E-state index is -0.729. The first-order valence-corrected chi connectivity index (χ1v) is 4.47. The smallest absolute Gasteiger partial charge is 0.315 e. The molecule has 0 aliphatic heterocycles. The second kappa shape index (κ2) is 3.93. The van der Waals surface area contributed by atoms with Crippen molar-refractivity contribution in [1.82, 2.24) is 9.97 Å². The predicted molar refractivity (Wildman–Crippen MR) is 56.9 cm³/mol. The molecule has 0 aliphatic carbocycles. The third-order valence-electron chi connectivity index (χ3n) is 2.03. The molecule has 2 aromatic heterocycles. The summed E-state index contributed by atoms with van der Waals surface area (Å²) < 4.78 is 0. The van der Waals surface area contributed by atoms with E-state index in [0.29, 0.717) is 11.4 Å². The number of nitrogens with zero attached hydrogens (tertiary/aromatic N) is 2. The normalized spacial score (nSPS) is 10.0. The molecule has 80 valence electrons. The average molecular weight is 217 g/mol. The molecule has 16 heavy (non-hydrogen) atoms. The zero-order valence-corrected chi connectivity index (χ0v) is 8.08. The topological polar surface area (TPSA) is 88.9 Å². The van der Waals surface area contributed by atoms with Gasteiger partial charge in [0.25, 0.3) is 0 Å². The van der Waals surface area contributed by atoms with Gasteiger partial charge in [-0.1, -0.05) is 6.07 Å². The maximum atomic E-state index is 11.3. The van der Waals surface area contributed by atoms with Crippen molar-refractivity contribution in [1.29, 1.82) is 0 Å². The lowest BCUT2D eigenvalue weighted by Gasteiger charge is -1.98. The van der Waals surface area contributed by atoms with Crippen molar-refractivity contribution in [3.8, 4) is 11.4 Å². The van der Waals surface area contributed by atoms with E-state index < -0.39 is 16.2 Å². The molecule has 0 unspecified atom stereocenters. The van der Waals surface area contributed by atoms with E-state index in [0.717, 1.165) is 0 Å². The lowest BCUT2D eigenvalue weighted by atomic mass is 10.2. The number of H-pyrrole nitrogens is 1. The van der Waals surface area contributed by atoms with Gasteiger partial charge in [0.05, 0.1) is 16.3 Å². The van der Waals surface area contributed by atoms with E-state index >= 15 is 0 Å². The Hall–Kier alpha value is -2.50. The third kappa shape index (κ3) is 1.81. The molecule has 0 fully saturated rings. The number of hydrogen-bond donors (Lipinski definition) is 1. The molecular weight excluding hydrogens is 210 g/mol. The molecule has 0 amide bonds. The molecule has 0 atom stereocenters. The fraction of sp³-hybridized carbons (Fsp3) is 0. The van der Waals surface area contributed by atoms with Crippen LogP contribution in [0.2, 0.25) is 0 Å². The van der Waals surface area contributed by atoms with Crippen molar-refractivity contribution in [2.75, 3.05) is 0 Å². The number of aromatic nitrogens is 2. The molecule has 6 nitrogen and oxygen atoms in total. The Morgan fingerprint density at radius 1 is 1.25 bits per heavy atom. The summed E-state index contributed by atoms with van der Waals surface area (Å²) in [5.41, 5.74) is -0.182. The number of hydrogen-bond acceptors (Lipinski definition) is 4. The molecule has 0 aromatic carbocycles. The molecule has 6 heteroatoms. The van der Waals surface area contributed by atoms with E-state index in [4.69, 9.17) is 0 Å². The molecular formula is C10H7N3O3. The largest absolute Gasteiger partial charge is 0.333 e. The van der Waals surface area contributed by atoms with Crippen LogP contribution in [0.3, 0.4) is 0 Å². The summed E-state index contributed by atoms with van der Waals surface area (Å²) in [6.45, 7) is 0. The number of rotatable bonds is 2. The second-order valence-electron chi connectivity index (χ2n) is 3.06. The summed E-state index contributed by atoms with van der Waals surface area (Å²) in [5.74, 6) is 0. The molecule has 0 bridgehead atoms. The van der Waals surface area contributed by atoms with Crippen molar-refractivity contribution in [2.45, 2.75) is 0 Å². The van der Waals surface area contributed by atoms with Crippen LogP contribution in [0.5, 0.6) is 0 Å². The molecule has 2 aromatic rings. The SMILES string of the molecule is O=c1[nH]c(-c2ccccn2)ccc1[N+](=O)[O-]. The summed E-state index contributed by atoms with van der Waals surface area (Å²) in [7, 11) is 0. The maximum Gasteiger partial charge on any atom is 0.333 e. The van der Waals surface area contributed by atoms with E-state index in [1.54, 1.807) is 24.4 Å². The first-order valence-electron chi connectivity index (χ1n) is 4.47. The van der Waals surface area contributed by atoms with E-state index in [1.807, 2.05) is 0 Å². The second-order valence-corrected chi connectivity index (χ2v) is 3.06. The Morgan fingerprint density at radius 2 is 2.06 bits per heavy atom. The molecule has 0 saturated carbocycles. The van der Waals surface area contributed by atoms with Gasteiger partial charge in [-0.25, -0.2) is 0 Å². The molecule has 0 saturated heterocycles. The zero-order chi connectivity index (χ0) is 11.5. The van der Waals surface area contributed by atoms with Gasteiger partial charge in [0, 0.05) is 12.3 Å². The van der Waals surface area contributed by atoms with E-state index in [1.165, 1.54) is 12.1 Å². The highest BCUT2D eigenvalue weighted by Gasteiger charge is 2.12. The maximum absolute atomic E-state index is 11.3. The Balaban J connectivity index is 2.51. The van der Waals surface area contributed by atoms with Crippen LogP contribution < -0.4 is 5.56 Å². The minimum Gasteiger partial charge on any atom is -0.315 e. The highest BCUT2D eigenvalue weighted by molar-refractivity contribution is 5.54. The van der Waals surface area contributed by atoms with Gasteiger partial charge in [0.15, 0.2) is 0 Å². The minimum absolute atomic E-state index is 0.455.